The third-order valence-electron chi connectivity index (χ3n) is 8.83. The number of β-amino-alcohol motifs (C(OH)–C–C–N with tert-alkyl or cyclic N) is 1. The molecule has 2 bridgehead atoms. The number of rotatable bonds is 9. The second kappa shape index (κ2) is 10.3. The first-order valence-electron chi connectivity index (χ1n) is 13.3. The third-order valence-corrected chi connectivity index (χ3v) is 8.83. The van der Waals surface area contributed by atoms with Crippen LogP contribution >= 0.6 is 0 Å². The van der Waals surface area contributed by atoms with Gasteiger partial charge in [0.1, 0.15) is 11.6 Å². The van der Waals surface area contributed by atoms with Crippen molar-refractivity contribution in [3.05, 3.63) is 35.9 Å². The van der Waals surface area contributed by atoms with Gasteiger partial charge in [-0.3, -0.25) is 19.3 Å². The van der Waals surface area contributed by atoms with E-state index in [2.05, 4.69) is 15.5 Å². The van der Waals surface area contributed by atoms with Crippen LogP contribution in [0.3, 0.4) is 0 Å². The summed E-state index contributed by atoms with van der Waals surface area (Å²) in [5, 5.41) is 15.8. The van der Waals surface area contributed by atoms with E-state index in [1.54, 1.807) is 0 Å². The van der Waals surface area contributed by atoms with E-state index in [4.69, 9.17) is 9.47 Å². The standard InChI is InChI=1S/C27H38N4O6/c1-18-16-27-21(20(26(18,2)37-27)23(33)29-17-19-6-4-3-5-7-19)25(35)31(10-13-32)22(27)24(34)28-8-9-30-11-14-36-15-12-30/h3-7,18,20-22,32H,8-17H2,1-2H3,(H,28,34)(H,29,33)/t18?,20-,21+,22?,26+,27?/m1/s1. The van der Waals surface area contributed by atoms with E-state index >= 15 is 0 Å². The number of nitrogens with zero attached hydrogens (tertiary/aromatic N) is 2. The number of carbonyl (C=O) groups excluding carboxylic acids is 3. The van der Waals surface area contributed by atoms with E-state index in [0.29, 0.717) is 39.3 Å². The highest BCUT2D eigenvalue weighted by molar-refractivity contribution is 5.99. The van der Waals surface area contributed by atoms with Crippen molar-refractivity contribution >= 4 is 17.7 Å². The summed E-state index contributed by atoms with van der Waals surface area (Å²) in [4.78, 5) is 44.7. The Morgan fingerprint density at radius 1 is 1.11 bits per heavy atom. The molecule has 0 aliphatic carbocycles. The first-order chi connectivity index (χ1) is 17.8. The van der Waals surface area contributed by atoms with Gasteiger partial charge in [-0.1, -0.05) is 37.3 Å². The highest BCUT2D eigenvalue weighted by Gasteiger charge is 2.79. The van der Waals surface area contributed by atoms with Gasteiger partial charge in [0.15, 0.2) is 0 Å². The van der Waals surface area contributed by atoms with E-state index in [1.165, 1.54) is 4.90 Å². The van der Waals surface area contributed by atoms with Crippen LogP contribution in [-0.2, 0) is 30.4 Å². The maximum Gasteiger partial charge on any atom is 0.245 e. The third kappa shape index (κ3) is 4.43. The zero-order valence-electron chi connectivity index (χ0n) is 21.7. The largest absolute Gasteiger partial charge is 0.395 e. The lowest BCUT2D eigenvalue weighted by atomic mass is 9.62. The minimum absolute atomic E-state index is 0.0193. The van der Waals surface area contributed by atoms with Gasteiger partial charge >= 0.3 is 0 Å². The minimum atomic E-state index is -1.10. The maximum atomic E-state index is 13.8. The molecule has 0 aromatic heterocycles. The predicted octanol–water partition coefficient (Wildman–Crippen LogP) is -0.246. The number of fused-ring (bicyclic) bond motifs is 1. The van der Waals surface area contributed by atoms with Crippen LogP contribution in [0.4, 0.5) is 0 Å². The van der Waals surface area contributed by atoms with Crippen molar-refractivity contribution in [1.29, 1.82) is 0 Å². The van der Waals surface area contributed by atoms with Gasteiger partial charge < -0.3 is 30.1 Å². The zero-order chi connectivity index (χ0) is 26.2. The molecule has 4 heterocycles. The highest BCUT2D eigenvalue weighted by atomic mass is 16.5. The SMILES string of the molecule is CC1CC23O[C@]1(C)[C@@H](C(=O)NCc1ccccc1)[C@H]2C(=O)N(CCO)C3C(=O)NCCN1CCOCC1. The Bertz CT molecular complexity index is 1020. The quantitative estimate of drug-likeness (QED) is 0.416. The number of carbonyl (C=O) groups is 3. The number of benzene rings is 1. The molecular weight excluding hydrogens is 476 g/mol. The van der Waals surface area contributed by atoms with Crippen LogP contribution in [0.5, 0.6) is 0 Å². The fourth-order valence-corrected chi connectivity index (χ4v) is 6.94. The Balaban J connectivity index is 1.36. The van der Waals surface area contributed by atoms with Crippen LogP contribution in [0, 0.1) is 17.8 Å². The highest BCUT2D eigenvalue weighted by Crippen LogP contribution is 2.65. The van der Waals surface area contributed by atoms with Crippen molar-refractivity contribution in [2.24, 2.45) is 17.8 Å². The van der Waals surface area contributed by atoms with E-state index in [9.17, 15) is 19.5 Å². The number of likely N-dealkylation sites (tertiary alicyclic amines) is 1. The number of ether oxygens (including phenoxy) is 2. The van der Waals surface area contributed by atoms with Crippen molar-refractivity contribution < 1.29 is 29.0 Å². The van der Waals surface area contributed by atoms with Gasteiger partial charge in [0.2, 0.25) is 17.7 Å². The van der Waals surface area contributed by atoms with Gasteiger partial charge in [-0.15, -0.1) is 0 Å². The van der Waals surface area contributed by atoms with Crippen LogP contribution in [0.2, 0.25) is 0 Å². The molecule has 1 aromatic carbocycles. The average molecular weight is 515 g/mol. The molecule has 37 heavy (non-hydrogen) atoms. The Hall–Kier alpha value is -2.53. The summed E-state index contributed by atoms with van der Waals surface area (Å²) in [5.41, 5.74) is -0.998. The molecule has 4 aliphatic heterocycles. The molecule has 4 fully saturated rings. The molecule has 1 aromatic rings. The molecule has 6 atom stereocenters. The number of aliphatic hydroxyl groups is 1. The van der Waals surface area contributed by atoms with Crippen molar-refractivity contribution in [2.45, 2.75) is 44.1 Å². The zero-order valence-corrected chi connectivity index (χ0v) is 21.7. The molecule has 1 spiro atoms. The fraction of sp³-hybridized carbons (Fsp3) is 0.667. The maximum absolute atomic E-state index is 13.8. The van der Waals surface area contributed by atoms with Crippen LogP contribution in [0.15, 0.2) is 30.3 Å². The lowest BCUT2D eigenvalue weighted by molar-refractivity contribution is -0.148. The van der Waals surface area contributed by atoms with Gasteiger partial charge in [-0.05, 0) is 24.8 Å². The van der Waals surface area contributed by atoms with E-state index in [0.717, 1.165) is 18.7 Å². The predicted molar refractivity (Wildman–Crippen MR) is 134 cm³/mol. The van der Waals surface area contributed by atoms with Crippen LogP contribution < -0.4 is 10.6 Å². The van der Waals surface area contributed by atoms with Crippen molar-refractivity contribution in [1.82, 2.24) is 20.4 Å². The number of amides is 3. The summed E-state index contributed by atoms with van der Waals surface area (Å²) in [6.07, 6.45) is 0.506. The number of morpholine rings is 1. The minimum Gasteiger partial charge on any atom is -0.395 e. The van der Waals surface area contributed by atoms with Crippen LogP contribution in [0.1, 0.15) is 25.8 Å². The van der Waals surface area contributed by atoms with E-state index in [1.807, 2.05) is 44.2 Å². The molecule has 3 unspecified atom stereocenters. The molecule has 202 valence electrons. The number of hydrogen-bond acceptors (Lipinski definition) is 7. The Labute approximate surface area is 217 Å². The Morgan fingerprint density at radius 3 is 2.54 bits per heavy atom. The van der Waals surface area contributed by atoms with E-state index < -0.39 is 29.1 Å². The summed E-state index contributed by atoms with van der Waals surface area (Å²) >= 11 is 0. The Morgan fingerprint density at radius 2 is 1.84 bits per heavy atom. The van der Waals surface area contributed by atoms with Crippen LogP contribution in [0.25, 0.3) is 0 Å². The molecule has 10 nitrogen and oxygen atoms in total. The average Bonchev–Trinajstić information content (AvgIpc) is 3.41. The summed E-state index contributed by atoms with van der Waals surface area (Å²) < 4.78 is 12.0. The van der Waals surface area contributed by atoms with Crippen LogP contribution in [-0.4, -0.2) is 102 Å². The van der Waals surface area contributed by atoms with E-state index in [-0.39, 0.29) is 36.8 Å². The molecular formula is C27H38N4O6. The normalized spacial score (nSPS) is 35.0. The molecule has 0 radical (unpaired) electrons. The van der Waals surface area contributed by atoms with Gasteiger partial charge in [0, 0.05) is 39.3 Å². The molecule has 3 amide bonds. The van der Waals surface area contributed by atoms with Gasteiger partial charge in [0.25, 0.3) is 0 Å². The molecule has 3 N–H and O–H groups in total. The second-order valence-electron chi connectivity index (χ2n) is 10.9. The number of hydrogen-bond donors (Lipinski definition) is 3. The van der Waals surface area contributed by atoms with Crippen molar-refractivity contribution in [3.63, 3.8) is 0 Å². The monoisotopic (exact) mass is 514 g/mol. The molecule has 0 saturated carbocycles. The lowest BCUT2D eigenvalue weighted by Crippen LogP contribution is -2.56. The summed E-state index contributed by atoms with van der Waals surface area (Å²) in [6.45, 7) is 8.13. The molecule has 5 rings (SSSR count). The lowest BCUT2D eigenvalue weighted by Gasteiger charge is -2.36. The summed E-state index contributed by atoms with van der Waals surface area (Å²) in [5.74, 6) is -2.35. The second-order valence-corrected chi connectivity index (χ2v) is 10.9. The molecule has 4 aliphatic rings. The first-order valence-corrected chi connectivity index (χ1v) is 13.3. The van der Waals surface area contributed by atoms with Crippen molar-refractivity contribution in [3.8, 4) is 0 Å². The summed E-state index contributed by atoms with van der Waals surface area (Å²) in [6, 6.07) is 8.72. The van der Waals surface area contributed by atoms with Gasteiger partial charge in [-0.25, -0.2) is 0 Å². The summed E-state index contributed by atoms with van der Waals surface area (Å²) in [7, 11) is 0. The fourth-order valence-electron chi connectivity index (χ4n) is 6.94. The van der Waals surface area contributed by atoms with Gasteiger partial charge in [0.05, 0.1) is 37.3 Å². The topological polar surface area (TPSA) is 120 Å². The first kappa shape index (κ1) is 26.1. The molecule has 10 heteroatoms. The molecule has 4 saturated heterocycles. The van der Waals surface area contributed by atoms with Crippen molar-refractivity contribution in [2.75, 3.05) is 52.5 Å². The smallest absolute Gasteiger partial charge is 0.245 e. The number of aliphatic hydroxyl groups excluding tert-OH is 1. The Kier molecular flexibility index (Phi) is 7.28. The van der Waals surface area contributed by atoms with Gasteiger partial charge in [-0.2, -0.15) is 0 Å². The number of nitrogens with one attached hydrogen (secondary N) is 2.